The van der Waals surface area contributed by atoms with Gasteiger partial charge in [0.1, 0.15) is 12.1 Å². The molecule has 6 heteroatoms. The number of rotatable bonds is 5. The fourth-order valence-electron chi connectivity index (χ4n) is 2.64. The summed E-state index contributed by atoms with van der Waals surface area (Å²) in [7, 11) is 3.48. The van der Waals surface area contributed by atoms with Crippen molar-refractivity contribution in [1.29, 1.82) is 0 Å². The van der Waals surface area contributed by atoms with Gasteiger partial charge >= 0.3 is 0 Å². The van der Waals surface area contributed by atoms with Crippen LogP contribution in [0.5, 0.6) is 0 Å². The molecule has 1 aromatic heterocycles. The Morgan fingerprint density at radius 2 is 1.92 bits per heavy atom. The number of hydrogen-bond donors (Lipinski definition) is 2. The molecule has 0 aliphatic heterocycles. The fraction of sp³-hybridized carbons (Fsp3) is 0.211. The highest BCUT2D eigenvalue weighted by Gasteiger charge is 2.10. The quantitative estimate of drug-likeness (QED) is 0.748. The minimum atomic E-state index is -0.0312. The van der Waals surface area contributed by atoms with E-state index in [4.69, 9.17) is 5.11 Å². The number of carbonyl (C=O) groups excluding carboxylic acids is 1. The molecule has 0 spiro atoms. The Morgan fingerprint density at radius 3 is 2.68 bits per heavy atom. The van der Waals surface area contributed by atoms with Crippen LogP contribution in [0.4, 0.5) is 5.82 Å². The van der Waals surface area contributed by atoms with Crippen LogP contribution in [0, 0.1) is 0 Å². The number of nitrogens with zero attached hydrogens (tertiary/aromatic N) is 3. The number of nitrogens with one attached hydrogen (secondary N) is 1. The van der Waals surface area contributed by atoms with Gasteiger partial charge in [0.2, 0.25) is 0 Å². The normalized spacial score (nSPS) is 10.7. The topological polar surface area (TPSA) is 78.4 Å². The van der Waals surface area contributed by atoms with Crippen molar-refractivity contribution in [2.75, 3.05) is 32.6 Å². The van der Waals surface area contributed by atoms with E-state index in [-0.39, 0.29) is 12.5 Å². The van der Waals surface area contributed by atoms with Gasteiger partial charge in [-0.1, -0.05) is 18.2 Å². The van der Waals surface area contributed by atoms with Crippen molar-refractivity contribution in [1.82, 2.24) is 14.9 Å². The predicted molar refractivity (Wildman–Crippen MR) is 98.6 cm³/mol. The van der Waals surface area contributed by atoms with Gasteiger partial charge in [-0.15, -0.1) is 0 Å². The van der Waals surface area contributed by atoms with Crippen LogP contribution in [0.1, 0.15) is 10.4 Å². The Labute approximate surface area is 146 Å². The molecule has 128 valence electrons. The van der Waals surface area contributed by atoms with E-state index in [1.54, 1.807) is 19.0 Å². The van der Waals surface area contributed by atoms with E-state index >= 15 is 0 Å². The Balaban J connectivity index is 2.04. The molecule has 0 fully saturated rings. The smallest absolute Gasteiger partial charge is 0.253 e. The summed E-state index contributed by atoms with van der Waals surface area (Å²) < 4.78 is 0. The van der Waals surface area contributed by atoms with Gasteiger partial charge < -0.3 is 15.3 Å². The lowest BCUT2D eigenvalue weighted by atomic mass is 10.0. The summed E-state index contributed by atoms with van der Waals surface area (Å²) in [4.78, 5) is 22.3. The maximum atomic E-state index is 12.2. The molecule has 6 nitrogen and oxygen atoms in total. The second-order valence-electron chi connectivity index (χ2n) is 5.88. The molecule has 25 heavy (non-hydrogen) atoms. The Morgan fingerprint density at radius 1 is 1.12 bits per heavy atom. The summed E-state index contributed by atoms with van der Waals surface area (Å²) >= 11 is 0. The van der Waals surface area contributed by atoms with Gasteiger partial charge in [0.25, 0.3) is 5.91 Å². The van der Waals surface area contributed by atoms with Crippen LogP contribution in [-0.2, 0) is 0 Å². The fourth-order valence-corrected chi connectivity index (χ4v) is 2.64. The molecule has 1 amide bonds. The monoisotopic (exact) mass is 336 g/mol. The summed E-state index contributed by atoms with van der Waals surface area (Å²) in [5, 5.41) is 13.0. The molecule has 3 rings (SSSR count). The summed E-state index contributed by atoms with van der Waals surface area (Å²) in [5.74, 6) is 0.651. The highest BCUT2D eigenvalue weighted by molar-refractivity contribution is 5.96. The average Bonchev–Trinajstić information content (AvgIpc) is 2.65. The lowest BCUT2D eigenvalue weighted by molar-refractivity contribution is 0.0827. The second-order valence-corrected chi connectivity index (χ2v) is 5.88. The first kappa shape index (κ1) is 16.9. The maximum Gasteiger partial charge on any atom is 0.253 e. The first-order chi connectivity index (χ1) is 12.1. The molecule has 2 N–H and O–H groups in total. The van der Waals surface area contributed by atoms with E-state index < -0.39 is 0 Å². The third kappa shape index (κ3) is 3.59. The largest absolute Gasteiger partial charge is 0.395 e. The maximum absolute atomic E-state index is 12.2. The minimum absolute atomic E-state index is 0.0277. The number of aliphatic hydroxyl groups is 1. The highest BCUT2D eigenvalue weighted by atomic mass is 16.3. The summed E-state index contributed by atoms with van der Waals surface area (Å²) in [6.07, 6.45) is 1.50. The van der Waals surface area contributed by atoms with Crippen LogP contribution in [0.25, 0.3) is 22.0 Å². The minimum Gasteiger partial charge on any atom is -0.395 e. The van der Waals surface area contributed by atoms with Crippen molar-refractivity contribution in [2.24, 2.45) is 0 Å². The molecule has 2 aromatic carbocycles. The molecule has 0 bridgehead atoms. The second kappa shape index (κ2) is 7.27. The molecule has 0 aliphatic carbocycles. The Hall–Kier alpha value is -2.99. The van der Waals surface area contributed by atoms with E-state index in [9.17, 15) is 4.79 Å². The van der Waals surface area contributed by atoms with Crippen LogP contribution in [0.15, 0.2) is 48.8 Å². The first-order valence-corrected chi connectivity index (χ1v) is 8.01. The lowest BCUT2D eigenvalue weighted by Gasteiger charge is -2.12. The molecule has 0 unspecified atom stereocenters. The van der Waals surface area contributed by atoms with E-state index in [0.29, 0.717) is 17.9 Å². The van der Waals surface area contributed by atoms with Crippen LogP contribution in [-0.4, -0.2) is 53.1 Å². The summed E-state index contributed by atoms with van der Waals surface area (Å²) in [6.45, 7) is 0.447. The van der Waals surface area contributed by atoms with Gasteiger partial charge in [-0.05, 0) is 35.4 Å². The zero-order valence-corrected chi connectivity index (χ0v) is 14.2. The molecule has 3 aromatic rings. The number of benzene rings is 2. The average molecular weight is 336 g/mol. The number of carbonyl (C=O) groups is 1. The zero-order chi connectivity index (χ0) is 17.8. The van der Waals surface area contributed by atoms with Crippen molar-refractivity contribution >= 4 is 22.6 Å². The van der Waals surface area contributed by atoms with Crippen LogP contribution in [0.3, 0.4) is 0 Å². The standard InChI is InChI=1S/C19H20N4O2/c1-23(2)19(25)15-5-3-4-13(10-15)14-6-7-17-16(11-14)18(20-8-9-24)22-12-21-17/h3-7,10-12,24H,8-9H2,1-2H3,(H,20,21,22). The third-order valence-corrected chi connectivity index (χ3v) is 3.89. The van der Waals surface area contributed by atoms with Crippen molar-refractivity contribution < 1.29 is 9.90 Å². The molecular formula is C19H20N4O2. The Kier molecular flexibility index (Phi) is 4.90. The zero-order valence-electron chi connectivity index (χ0n) is 14.2. The lowest BCUT2D eigenvalue weighted by Crippen LogP contribution is -2.21. The van der Waals surface area contributed by atoms with Crippen molar-refractivity contribution in [3.05, 3.63) is 54.4 Å². The van der Waals surface area contributed by atoms with Crippen molar-refractivity contribution in [3.8, 4) is 11.1 Å². The number of aliphatic hydroxyl groups excluding tert-OH is 1. The molecule has 0 atom stereocenters. The van der Waals surface area contributed by atoms with E-state index in [2.05, 4.69) is 15.3 Å². The molecule has 1 heterocycles. The number of hydrogen-bond acceptors (Lipinski definition) is 5. The number of fused-ring (bicyclic) bond motifs is 1. The van der Waals surface area contributed by atoms with Crippen LogP contribution in [0.2, 0.25) is 0 Å². The molecule has 0 saturated carbocycles. The SMILES string of the molecule is CN(C)C(=O)c1cccc(-c2ccc3ncnc(NCCO)c3c2)c1. The van der Waals surface area contributed by atoms with E-state index in [1.807, 2.05) is 42.5 Å². The summed E-state index contributed by atoms with van der Waals surface area (Å²) in [6, 6.07) is 13.4. The molecule has 0 radical (unpaired) electrons. The first-order valence-electron chi connectivity index (χ1n) is 8.01. The van der Waals surface area contributed by atoms with Gasteiger partial charge in [-0.25, -0.2) is 9.97 Å². The van der Waals surface area contributed by atoms with Gasteiger partial charge in [-0.3, -0.25) is 4.79 Å². The van der Waals surface area contributed by atoms with Gasteiger partial charge in [0.05, 0.1) is 12.1 Å². The van der Waals surface area contributed by atoms with Crippen molar-refractivity contribution in [3.63, 3.8) is 0 Å². The molecule has 0 saturated heterocycles. The number of aromatic nitrogens is 2. The third-order valence-electron chi connectivity index (χ3n) is 3.89. The summed E-state index contributed by atoms with van der Waals surface area (Å²) in [5.41, 5.74) is 3.39. The Bertz CT molecular complexity index is 909. The van der Waals surface area contributed by atoms with Crippen molar-refractivity contribution in [2.45, 2.75) is 0 Å². The van der Waals surface area contributed by atoms with Gasteiger partial charge in [-0.2, -0.15) is 0 Å². The molecule has 0 aliphatic rings. The van der Waals surface area contributed by atoms with Crippen LogP contribution < -0.4 is 5.32 Å². The van der Waals surface area contributed by atoms with E-state index in [1.165, 1.54) is 6.33 Å². The highest BCUT2D eigenvalue weighted by Crippen LogP contribution is 2.27. The van der Waals surface area contributed by atoms with E-state index in [0.717, 1.165) is 22.0 Å². The van der Waals surface area contributed by atoms with Gasteiger partial charge in [0.15, 0.2) is 0 Å². The van der Waals surface area contributed by atoms with Gasteiger partial charge in [0, 0.05) is 31.6 Å². The predicted octanol–water partition coefficient (Wildman–Crippen LogP) is 2.40. The number of amides is 1. The van der Waals surface area contributed by atoms with Crippen LogP contribution >= 0.6 is 0 Å². The number of anilines is 1. The molecular weight excluding hydrogens is 316 g/mol.